The number of nitrogens with zero attached hydrogens (tertiary/aromatic N) is 3. The van der Waals surface area contributed by atoms with E-state index in [1.165, 1.54) is 27.3 Å². The molecule has 23 heavy (non-hydrogen) atoms. The fourth-order valence-electron chi connectivity index (χ4n) is 3.41. The van der Waals surface area contributed by atoms with Gasteiger partial charge in [0.25, 0.3) is 0 Å². The molecule has 0 amide bonds. The van der Waals surface area contributed by atoms with Gasteiger partial charge in [-0.1, -0.05) is 23.3 Å². The van der Waals surface area contributed by atoms with E-state index in [0.29, 0.717) is 5.95 Å². The van der Waals surface area contributed by atoms with Gasteiger partial charge in [-0.25, -0.2) is 15.0 Å². The highest BCUT2D eigenvalue weighted by atomic mass is 32.1. The minimum atomic E-state index is 0.268. The molecule has 1 atom stereocenters. The van der Waals surface area contributed by atoms with Crippen LogP contribution in [-0.4, -0.2) is 21.0 Å². The highest BCUT2D eigenvalue weighted by molar-refractivity contribution is 7.15. The normalized spacial score (nSPS) is 19.5. The molecule has 0 aliphatic heterocycles. The number of hydrogen-bond acceptors (Lipinski definition) is 5. The number of hydrogen-bond donors (Lipinski definition) is 1. The highest BCUT2D eigenvalue weighted by Crippen LogP contribution is 2.36. The Hall–Kier alpha value is -2.01. The molecule has 118 valence electrons. The zero-order chi connectivity index (χ0) is 16.0. The second-order valence-electron chi connectivity index (χ2n) is 6.43. The van der Waals surface area contributed by atoms with Gasteiger partial charge in [-0.05, 0) is 45.6 Å². The third-order valence-electron chi connectivity index (χ3n) is 4.31. The first-order valence-corrected chi connectivity index (χ1v) is 8.85. The Morgan fingerprint density at radius 3 is 2.87 bits per heavy atom. The van der Waals surface area contributed by atoms with Crippen molar-refractivity contribution in [3.8, 4) is 10.6 Å². The lowest BCUT2D eigenvalue weighted by atomic mass is 9.97. The standard InChI is InChI=1S/C18H20N4S/c1-10-6-11(2)8-14(7-10)21-18-19-9-13-4-5-15-17(16(13)22-18)23-12(3)20-15/h6-7,9,14H,4-5,8H2,1-3H3,(H,19,21,22). The fraction of sp³-hybridized carbons (Fsp3) is 0.389. The van der Waals surface area contributed by atoms with E-state index in [-0.39, 0.29) is 6.04 Å². The molecule has 5 heteroatoms. The number of rotatable bonds is 2. The van der Waals surface area contributed by atoms with E-state index in [1.807, 2.05) is 6.20 Å². The molecule has 0 saturated heterocycles. The molecular weight excluding hydrogens is 304 g/mol. The van der Waals surface area contributed by atoms with E-state index in [0.717, 1.165) is 30.0 Å². The summed E-state index contributed by atoms with van der Waals surface area (Å²) < 4.78 is 0. The number of thiazole rings is 1. The summed E-state index contributed by atoms with van der Waals surface area (Å²) in [6, 6.07) is 0.268. The third kappa shape index (κ3) is 2.81. The molecule has 2 aromatic rings. The van der Waals surface area contributed by atoms with Gasteiger partial charge in [-0.2, -0.15) is 0 Å². The molecule has 2 heterocycles. The highest BCUT2D eigenvalue weighted by Gasteiger charge is 2.22. The quantitative estimate of drug-likeness (QED) is 0.904. The summed E-state index contributed by atoms with van der Waals surface area (Å²) in [6.07, 6.45) is 9.44. The predicted molar refractivity (Wildman–Crippen MR) is 94.8 cm³/mol. The molecule has 2 aromatic heterocycles. The van der Waals surface area contributed by atoms with Crippen molar-refractivity contribution in [2.45, 2.75) is 46.1 Å². The lowest BCUT2D eigenvalue weighted by molar-refractivity contribution is 0.811. The van der Waals surface area contributed by atoms with Gasteiger partial charge < -0.3 is 5.32 Å². The summed E-state index contributed by atoms with van der Waals surface area (Å²) in [7, 11) is 0. The first-order valence-electron chi connectivity index (χ1n) is 8.03. The van der Waals surface area contributed by atoms with Crippen molar-refractivity contribution in [2.24, 2.45) is 0 Å². The smallest absolute Gasteiger partial charge is 0.223 e. The summed E-state index contributed by atoms with van der Waals surface area (Å²) in [5.41, 5.74) is 6.18. The van der Waals surface area contributed by atoms with Gasteiger partial charge >= 0.3 is 0 Å². The molecule has 0 spiro atoms. The summed E-state index contributed by atoms with van der Waals surface area (Å²) in [6.45, 7) is 6.37. The monoisotopic (exact) mass is 324 g/mol. The van der Waals surface area contributed by atoms with Gasteiger partial charge in [-0.3, -0.25) is 0 Å². The fourth-order valence-corrected chi connectivity index (χ4v) is 4.40. The van der Waals surface area contributed by atoms with Gasteiger partial charge in [0.15, 0.2) is 0 Å². The van der Waals surface area contributed by atoms with E-state index >= 15 is 0 Å². The average Bonchev–Trinajstić information content (AvgIpc) is 2.87. The Labute approximate surface area is 140 Å². The molecule has 1 unspecified atom stereocenters. The van der Waals surface area contributed by atoms with Crippen LogP contribution in [0.25, 0.3) is 10.6 Å². The van der Waals surface area contributed by atoms with Crippen molar-refractivity contribution in [1.29, 1.82) is 0 Å². The van der Waals surface area contributed by atoms with E-state index < -0.39 is 0 Å². The second kappa shape index (κ2) is 5.57. The minimum Gasteiger partial charge on any atom is -0.348 e. The van der Waals surface area contributed by atoms with Crippen molar-refractivity contribution < 1.29 is 0 Å². The van der Waals surface area contributed by atoms with Crippen molar-refractivity contribution in [3.05, 3.63) is 45.8 Å². The van der Waals surface area contributed by atoms with Crippen molar-refractivity contribution in [3.63, 3.8) is 0 Å². The van der Waals surface area contributed by atoms with Crippen LogP contribution in [-0.2, 0) is 12.8 Å². The lowest BCUT2D eigenvalue weighted by Crippen LogP contribution is -2.21. The van der Waals surface area contributed by atoms with Gasteiger partial charge in [0.05, 0.1) is 27.3 Å². The number of aryl methyl sites for hydroxylation is 3. The van der Waals surface area contributed by atoms with E-state index in [9.17, 15) is 0 Å². The lowest BCUT2D eigenvalue weighted by Gasteiger charge is -2.21. The molecule has 0 fully saturated rings. The number of anilines is 1. The van der Waals surface area contributed by atoms with Crippen LogP contribution in [0.2, 0.25) is 0 Å². The average molecular weight is 324 g/mol. The Morgan fingerprint density at radius 2 is 2.04 bits per heavy atom. The Bertz CT molecular complexity index is 832. The summed E-state index contributed by atoms with van der Waals surface area (Å²) in [4.78, 5) is 15.2. The number of allylic oxidation sites excluding steroid dienone is 2. The molecule has 4 rings (SSSR count). The molecule has 4 nitrogen and oxygen atoms in total. The predicted octanol–water partition coefficient (Wildman–Crippen LogP) is 4.08. The molecular formula is C18H20N4S. The first-order chi connectivity index (χ1) is 11.1. The van der Waals surface area contributed by atoms with Crippen LogP contribution in [0.5, 0.6) is 0 Å². The largest absolute Gasteiger partial charge is 0.348 e. The number of aromatic nitrogens is 3. The molecule has 1 N–H and O–H groups in total. The van der Waals surface area contributed by atoms with Crippen molar-refractivity contribution in [2.75, 3.05) is 5.32 Å². The molecule has 0 aromatic carbocycles. The van der Waals surface area contributed by atoms with E-state index in [4.69, 9.17) is 4.98 Å². The van der Waals surface area contributed by atoms with Gasteiger partial charge in [0.2, 0.25) is 5.95 Å². The minimum absolute atomic E-state index is 0.268. The SMILES string of the molecule is CC1=CC(Nc2ncc3c(n2)-c2sc(C)nc2CC3)CC(C)=C1. The molecule has 0 radical (unpaired) electrons. The van der Waals surface area contributed by atoms with Gasteiger partial charge in [0, 0.05) is 6.20 Å². The first kappa shape index (κ1) is 14.6. The van der Waals surface area contributed by atoms with Crippen LogP contribution in [0.3, 0.4) is 0 Å². The number of fused-ring (bicyclic) bond motifs is 3. The molecule has 0 saturated carbocycles. The van der Waals surface area contributed by atoms with Gasteiger partial charge in [0.1, 0.15) is 0 Å². The molecule has 0 bridgehead atoms. The molecule has 2 aliphatic rings. The van der Waals surface area contributed by atoms with Crippen molar-refractivity contribution in [1.82, 2.24) is 15.0 Å². The van der Waals surface area contributed by atoms with Crippen LogP contribution in [0, 0.1) is 6.92 Å². The summed E-state index contributed by atoms with van der Waals surface area (Å²) in [5, 5.41) is 4.59. The molecule has 2 aliphatic carbocycles. The van der Waals surface area contributed by atoms with E-state index in [2.05, 4.69) is 48.2 Å². The Kier molecular flexibility index (Phi) is 3.53. The second-order valence-corrected chi connectivity index (χ2v) is 7.64. The maximum atomic E-state index is 4.81. The zero-order valence-electron chi connectivity index (χ0n) is 13.7. The Balaban J connectivity index is 1.64. The van der Waals surface area contributed by atoms with Gasteiger partial charge in [-0.15, -0.1) is 11.3 Å². The van der Waals surface area contributed by atoms with Crippen LogP contribution in [0.4, 0.5) is 5.95 Å². The summed E-state index contributed by atoms with van der Waals surface area (Å²) in [5.74, 6) is 0.714. The van der Waals surface area contributed by atoms with Crippen molar-refractivity contribution >= 4 is 17.3 Å². The van der Waals surface area contributed by atoms with E-state index in [1.54, 1.807) is 11.3 Å². The maximum absolute atomic E-state index is 4.81. The third-order valence-corrected chi connectivity index (χ3v) is 5.33. The zero-order valence-corrected chi connectivity index (χ0v) is 14.5. The topological polar surface area (TPSA) is 50.7 Å². The van der Waals surface area contributed by atoms with Crippen LogP contribution in [0.1, 0.15) is 36.5 Å². The van der Waals surface area contributed by atoms with Crippen LogP contribution >= 0.6 is 11.3 Å². The summed E-state index contributed by atoms with van der Waals surface area (Å²) >= 11 is 1.74. The number of nitrogens with one attached hydrogen (secondary N) is 1. The maximum Gasteiger partial charge on any atom is 0.223 e. The Morgan fingerprint density at radius 1 is 1.17 bits per heavy atom. The van der Waals surface area contributed by atoms with Crippen LogP contribution in [0.15, 0.2) is 29.5 Å². The van der Waals surface area contributed by atoms with Crippen LogP contribution < -0.4 is 5.32 Å².